The lowest BCUT2D eigenvalue weighted by Crippen LogP contribution is -2.17. The standard InChI is InChI=1S/C15H15BrClNO2S/c1-9(19)13-5-12(17)4-11(15(13)20)7-18(2)6-10-3-14(16)21-8-10/h3-5,8,20H,6-7H2,1-2H3. The summed E-state index contributed by atoms with van der Waals surface area (Å²) in [6.07, 6.45) is 0. The smallest absolute Gasteiger partial charge is 0.163 e. The summed E-state index contributed by atoms with van der Waals surface area (Å²) in [5.74, 6) is -0.175. The van der Waals surface area contributed by atoms with Gasteiger partial charge in [0.05, 0.1) is 9.35 Å². The minimum atomic E-state index is -0.194. The van der Waals surface area contributed by atoms with Gasteiger partial charge in [-0.25, -0.2) is 0 Å². The molecule has 1 aromatic heterocycles. The summed E-state index contributed by atoms with van der Waals surface area (Å²) in [5.41, 5.74) is 2.12. The topological polar surface area (TPSA) is 40.5 Å². The van der Waals surface area contributed by atoms with Gasteiger partial charge in [-0.15, -0.1) is 11.3 Å². The van der Waals surface area contributed by atoms with Gasteiger partial charge in [0.25, 0.3) is 0 Å². The largest absolute Gasteiger partial charge is 0.507 e. The van der Waals surface area contributed by atoms with Gasteiger partial charge in [0.1, 0.15) is 5.75 Å². The predicted molar refractivity (Wildman–Crippen MR) is 90.3 cm³/mol. The van der Waals surface area contributed by atoms with Crippen molar-refractivity contribution < 1.29 is 9.90 Å². The Hall–Kier alpha value is -0.880. The molecule has 112 valence electrons. The van der Waals surface area contributed by atoms with Gasteiger partial charge >= 0.3 is 0 Å². The van der Waals surface area contributed by atoms with Crippen molar-refractivity contribution in [2.45, 2.75) is 20.0 Å². The molecule has 2 rings (SSSR count). The summed E-state index contributed by atoms with van der Waals surface area (Å²) in [6, 6.07) is 5.27. The number of carbonyl (C=O) groups is 1. The Morgan fingerprint density at radius 1 is 1.38 bits per heavy atom. The molecule has 2 aromatic rings. The highest BCUT2D eigenvalue weighted by atomic mass is 79.9. The van der Waals surface area contributed by atoms with E-state index in [4.69, 9.17) is 11.6 Å². The van der Waals surface area contributed by atoms with Crippen molar-refractivity contribution in [1.82, 2.24) is 4.90 Å². The quantitative estimate of drug-likeness (QED) is 0.754. The first-order valence-electron chi connectivity index (χ1n) is 6.30. The lowest BCUT2D eigenvalue weighted by atomic mass is 10.1. The molecule has 0 aliphatic carbocycles. The number of phenols is 1. The second kappa shape index (κ2) is 6.92. The third kappa shape index (κ3) is 4.30. The van der Waals surface area contributed by atoms with Gasteiger partial charge < -0.3 is 5.11 Å². The number of benzene rings is 1. The summed E-state index contributed by atoms with van der Waals surface area (Å²) in [4.78, 5) is 13.6. The summed E-state index contributed by atoms with van der Waals surface area (Å²) in [6.45, 7) is 2.69. The monoisotopic (exact) mass is 387 g/mol. The minimum Gasteiger partial charge on any atom is -0.507 e. The molecule has 0 aliphatic heterocycles. The van der Waals surface area contributed by atoms with Gasteiger partial charge in [-0.1, -0.05) is 11.6 Å². The van der Waals surface area contributed by atoms with Crippen LogP contribution in [-0.4, -0.2) is 22.8 Å². The zero-order chi connectivity index (χ0) is 15.6. The van der Waals surface area contributed by atoms with Gasteiger partial charge in [-0.05, 0) is 59.0 Å². The number of phenolic OH excluding ortho intramolecular Hbond substituents is 1. The SMILES string of the molecule is CC(=O)c1cc(Cl)cc(CN(C)Cc2csc(Br)c2)c1O. The van der Waals surface area contributed by atoms with Crippen LogP contribution in [-0.2, 0) is 13.1 Å². The molecule has 1 N–H and O–H groups in total. The molecule has 21 heavy (non-hydrogen) atoms. The van der Waals surface area contributed by atoms with Crippen LogP contribution >= 0.6 is 38.9 Å². The number of thiophene rings is 1. The first-order chi connectivity index (χ1) is 9.86. The molecule has 0 amide bonds. The fourth-order valence-electron chi connectivity index (χ4n) is 2.13. The van der Waals surface area contributed by atoms with Crippen LogP contribution in [0.15, 0.2) is 27.4 Å². The molecule has 0 radical (unpaired) electrons. The molecule has 0 atom stereocenters. The second-order valence-corrected chi connectivity index (χ2v) is 7.68. The van der Waals surface area contributed by atoms with Crippen molar-refractivity contribution in [3.8, 4) is 5.75 Å². The van der Waals surface area contributed by atoms with E-state index in [-0.39, 0.29) is 17.1 Å². The maximum absolute atomic E-state index is 11.5. The summed E-state index contributed by atoms with van der Waals surface area (Å²) in [7, 11) is 1.96. The molecule has 0 spiro atoms. The maximum Gasteiger partial charge on any atom is 0.163 e. The van der Waals surface area contributed by atoms with Crippen LogP contribution in [0.4, 0.5) is 0 Å². The van der Waals surface area contributed by atoms with Crippen molar-refractivity contribution in [1.29, 1.82) is 0 Å². The fraction of sp³-hybridized carbons (Fsp3) is 0.267. The molecule has 0 fully saturated rings. The van der Waals surface area contributed by atoms with Gasteiger partial charge in [-0.2, -0.15) is 0 Å². The zero-order valence-corrected chi connectivity index (χ0v) is 14.8. The predicted octanol–water partition coefficient (Wildman–Crippen LogP) is 4.70. The molecule has 0 saturated carbocycles. The van der Waals surface area contributed by atoms with E-state index >= 15 is 0 Å². The molecule has 0 aliphatic rings. The molecular formula is C15H15BrClNO2S. The highest BCUT2D eigenvalue weighted by Crippen LogP contribution is 2.29. The highest BCUT2D eigenvalue weighted by Gasteiger charge is 2.14. The molecule has 6 heteroatoms. The number of nitrogens with zero attached hydrogens (tertiary/aromatic N) is 1. The van der Waals surface area contributed by atoms with Gasteiger partial charge in [0.2, 0.25) is 0 Å². The van der Waals surface area contributed by atoms with E-state index in [1.54, 1.807) is 17.4 Å². The molecule has 0 unspecified atom stereocenters. The third-order valence-corrected chi connectivity index (χ3v) is 4.82. The summed E-state index contributed by atoms with van der Waals surface area (Å²) in [5, 5.41) is 12.7. The molecule has 1 aromatic carbocycles. The second-order valence-electron chi connectivity index (χ2n) is 4.95. The van der Waals surface area contributed by atoms with Gasteiger partial charge in [-0.3, -0.25) is 9.69 Å². The van der Waals surface area contributed by atoms with E-state index < -0.39 is 0 Å². The number of halogens is 2. The average molecular weight is 389 g/mol. The highest BCUT2D eigenvalue weighted by molar-refractivity contribution is 9.11. The van der Waals surface area contributed by atoms with E-state index in [1.807, 2.05) is 7.05 Å². The van der Waals surface area contributed by atoms with E-state index in [9.17, 15) is 9.90 Å². The van der Waals surface area contributed by atoms with E-state index in [1.165, 1.54) is 18.6 Å². The van der Waals surface area contributed by atoms with E-state index in [0.717, 1.165) is 10.3 Å². The van der Waals surface area contributed by atoms with Crippen molar-refractivity contribution in [3.63, 3.8) is 0 Å². The number of carbonyl (C=O) groups excluding carboxylic acids is 1. The van der Waals surface area contributed by atoms with Crippen molar-refractivity contribution in [3.05, 3.63) is 49.1 Å². The summed E-state index contributed by atoms with van der Waals surface area (Å²) >= 11 is 11.1. The Balaban J connectivity index is 2.17. The minimum absolute atomic E-state index is 0.0187. The first kappa shape index (κ1) is 16.5. The molecular weight excluding hydrogens is 374 g/mol. The van der Waals surface area contributed by atoms with Crippen LogP contribution < -0.4 is 0 Å². The Labute approximate surface area is 141 Å². The maximum atomic E-state index is 11.5. The number of hydrogen-bond acceptors (Lipinski definition) is 4. The number of Topliss-reactive ketones (excluding diaryl/α,β-unsaturated/α-hetero) is 1. The molecule has 0 saturated heterocycles. The number of ketones is 1. The Morgan fingerprint density at radius 2 is 2.10 bits per heavy atom. The lowest BCUT2D eigenvalue weighted by molar-refractivity contribution is 0.101. The Kier molecular flexibility index (Phi) is 5.43. The Bertz CT molecular complexity index is 672. The van der Waals surface area contributed by atoms with Crippen LogP contribution in [0.5, 0.6) is 5.75 Å². The zero-order valence-electron chi connectivity index (χ0n) is 11.7. The van der Waals surface area contributed by atoms with Crippen molar-refractivity contribution in [2.24, 2.45) is 0 Å². The Morgan fingerprint density at radius 3 is 2.67 bits per heavy atom. The molecule has 1 heterocycles. The number of aromatic hydroxyl groups is 1. The first-order valence-corrected chi connectivity index (χ1v) is 8.35. The van der Waals surface area contributed by atoms with E-state index in [2.05, 4.69) is 32.3 Å². The van der Waals surface area contributed by atoms with Gasteiger partial charge in [0, 0.05) is 23.7 Å². The van der Waals surface area contributed by atoms with Crippen LogP contribution in [0.25, 0.3) is 0 Å². The normalized spacial score (nSPS) is 11.1. The summed E-state index contributed by atoms with van der Waals surface area (Å²) < 4.78 is 1.09. The van der Waals surface area contributed by atoms with Crippen molar-refractivity contribution in [2.75, 3.05) is 7.05 Å². The van der Waals surface area contributed by atoms with Gasteiger partial charge in [0.15, 0.2) is 5.78 Å². The molecule has 3 nitrogen and oxygen atoms in total. The van der Waals surface area contributed by atoms with Crippen LogP contribution in [0.3, 0.4) is 0 Å². The van der Waals surface area contributed by atoms with Crippen LogP contribution in [0.2, 0.25) is 5.02 Å². The fourth-order valence-corrected chi connectivity index (χ4v) is 3.57. The third-order valence-electron chi connectivity index (χ3n) is 3.05. The lowest BCUT2D eigenvalue weighted by Gasteiger charge is -2.18. The van der Waals surface area contributed by atoms with E-state index in [0.29, 0.717) is 17.1 Å². The average Bonchev–Trinajstić information content (AvgIpc) is 2.78. The number of hydrogen-bond donors (Lipinski definition) is 1. The molecule has 0 bridgehead atoms. The van der Waals surface area contributed by atoms with Crippen LogP contribution in [0, 0.1) is 0 Å². The number of rotatable bonds is 5. The van der Waals surface area contributed by atoms with Crippen LogP contribution in [0.1, 0.15) is 28.4 Å². The van der Waals surface area contributed by atoms with Crippen molar-refractivity contribution >= 4 is 44.7 Å².